The predicted molar refractivity (Wildman–Crippen MR) is 151 cm³/mol. The number of carbonyl (C=O) groups excluding carboxylic acids is 1. The number of carbonyl (C=O) groups is 1. The smallest absolute Gasteiger partial charge is 0.264 e. The maximum Gasteiger partial charge on any atom is 0.264 e. The molecule has 8 heteroatoms. The van der Waals surface area contributed by atoms with Crippen LogP contribution in [0.5, 0.6) is 5.75 Å². The van der Waals surface area contributed by atoms with Crippen molar-refractivity contribution in [3.05, 3.63) is 98.0 Å². The number of aliphatic imine (C=N–C) groups is 1. The summed E-state index contributed by atoms with van der Waals surface area (Å²) in [4.78, 5) is 18.1. The van der Waals surface area contributed by atoms with Gasteiger partial charge in [-0.3, -0.25) is 4.79 Å². The Bertz CT molecular complexity index is 1570. The topological polar surface area (TPSA) is 55.6 Å². The number of hydrogen-bond donors (Lipinski definition) is 1. The molecular formula is C28H23Cl2N3O2S. The van der Waals surface area contributed by atoms with Crippen molar-refractivity contribution in [2.24, 2.45) is 4.99 Å². The number of amidine groups is 1. The van der Waals surface area contributed by atoms with Crippen LogP contribution in [-0.2, 0) is 11.3 Å². The number of amides is 1. The van der Waals surface area contributed by atoms with Crippen molar-refractivity contribution in [2.75, 3.05) is 7.11 Å². The normalized spacial score (nSPS) is 15.8. The molecule has 0 bridgehead atoms. The van der Waals surface area contributed by atoms with Crippen LogP contribution in [0, 0.1) is 13.8 Å². The average molecular weight is 536 g/mol. The molecule has 1 aromatic heterocycles. The molecule has 182 valence electrons. The first-order valence-electron chi connectivity index (χ1n) is 11.3. The zero-order valence-electron chi connectivity index (χ0n) is 19.9. The molecule has 2 heterocycles. The number of nitrogens with zero attached hydrogens (tertiary/aromatic N) is 2. The van der Waals surface area contributed by atoms with Gasteiger partial charge in [-0.25, -0.2) is 4.99 Å². The van der Waals surface area contributed by atoms with E-state index >= 15 is 0 Å². The van der Waals surface area contributed by atoms with Gasteiger partial charge in [-0.15, -0.1) is 0 Å². The van der Waals surface area contributed by atoms with E-state index < -0.39 is 0 Å². The fraction of sp³-hybridized carbons (Fsp3) is 0.143. The van der Waals surface area contributed by atoms with Crippen molar-refractivity contribution in [1.82, 2.24) is 9.88 Å². The molecule has 36 heavy (non-hydrogen) atoms. The Hall–Kier alpha value is -3.19. The zero-order valence-corrected chi connectivity index (χ0v) is 22.3. The van der Waals surface area contributed by atoms with Crippen molar-refractivity contribution in [2.45, 2.75) is 20.4 Å². The first-order chi connectivity index (χ1) is 17.3. The van der Waals surface area contributed by atoms with E-state index in [4.69, 9.17) is 27.9 Å². The van der Waals surface area contributed by atoms with Crippen molar-refractivity contribution < 1.29 is 9.53 Å². The molecule has 3 aromatic carbocycles. The van der Waals surface area contributed by atoms with Gasteiger partial charge in [0.25, 0.3) is 5.91 Å². The summed E-state index contributed by atoms with van der Waals surface area (Å²) in [7, 11) is 1.61. The Morgan fingerprint density at radius 2 is 1.89 bits per heavy atom. The minimum atomic E-state index is -0.178. The van der Waals surface area contributed by atoms with Crippen LogP contribution in [0.2, 0.25) is 10.0 Å². The van der Waals surface area contributed by atoms with Gasteiger partial charge in [0, 0.05) is 38.8 Å². The first-order valence-corrected chi connectivity index (χ1v) is 12.9. The first kappa shape index (κ1) is 24.5. The van der Waals surface area contributed by atoms with Gasteiger partial charge in [0.15, 0.2) is 5.17 Å². The van der Waals surface area contributed by atoms with Crippen molar-refractivity contribution in [3.8, 4) is 5.75 Å². The minimum Gasteiger partial charge on any atom is -0.494 e. The summed E-state index contributed by atoms with van der Waals surface area (Å²) in [5, 5.41) is 5.69. The monoisotopic (exact) mass is 535 g/mol. The van der Waals surface area contributed by atoms with Crippen LogP contribution in [0.3, 0.4) is 0 Å². The summed E-state index contributed by atoms with van der Waals surface area (Å²) in [6.07, 6.45) is 1.94. The summed E-state index contributed by atoms with van der Waals surface area (Å²) in [6, 6.07) is 19.5. The van der Waals surface area contributed by atoms with E-state index in [0.29, 0.717) is 38.1 Å². The molecule has 0 unspecified atom stereocenters. The second-order valence-corrected chi connectivity index (χ2v) is 10.4. The van der Waals surface area contributed by atoms with Gasteiger partial charge < -0.3 is 14.6 Å². The highest BCUT2D eigenvalue weighted by atomic mass is 35.5. The fourth-order valence-corrected chi connectivity index (χ4v) is 5.56. The summed E-state index contributed by atoms with van der Waals surface area (Å²) in [5.74, 6) is 0.475. The number of halogens is 2. The van der Waals surface area contributed by atoms with Gasteiger partial charge in [0.1, 0.15) is 11.4 Å². The maximum absolute atomic E-state index is 12.9. The zero-order chi connectivity index (χ0) is 25.4. The van der Waals surface area contributed by atoms with Crippen LogP contribution in [0.15, 0.2) is 70.6 Å². The molecule has 0 radical (unpaired) electrons. The summed E-state index contributed by atoms with van der Waals surface area (Å²) < 4.78 is 7.64. The molecule has 0 saturated carbocycles. The Balaban J connectivity index is 1.53. The molecule has 1 fully saturated rings. The highest BCUT2D eigenvalue weighted by molar-refractivity contribution is 8.18. The maximum atomic E-state index is 12.9. The number of fused-ring (bicyclic) bond motifs is 1. The van der Waals surface area contributed by atoms with Crippen LogP contribution in [-0.4, -0.2) is 22.8 Å². The number of thioether (sulfide) groups is 1. The van der Waals surface area contributed by atoms with Gasteiger partial charge in [-0.05, 0) is 73.1 Å². The molecule has 1 saturated heterocycles. The van der Waals surface area contributed by atoms with E-state index in [2.05, 4.69) is 33.9 Å². The Morgan fingerprint density at radius 3 is 2.67 bits per heavy atom. The van der Waals surface area contributed by atoms with Crippen LogP contribution < -0.4 is 10.1 Å². The number of aryl methyl sites for hydroxylation is 1. The minimum absolute atomic E-state index is 0.178. The Labute approximate surface area is 223 Å². The Kier molecular flexibility index (Phi) is 6.84. The third-order valence-corrected chi connectivity index (χ3v) is 7.60. The van der Waals surface area contributed by atoms with Gasteiger partial charge >= 0.3 is 0 Å². The van der Waals surface area contributed by atoms with Gasteiger partial charge in [0.05, 0.1) is 12.0 Å². The fourth-order valence-electron chi connectivity index (χ4n) is 4.27. The van der Waals surface area contributed by atoms with Gasteiger partial charge in [-0.1, -0.05) is 53.5 Å². The molecule has 1 amide bonds. The van der Waals surface area contributed by atoms with Crippen LogP contribution in [0.25, 0.3) is 17.0 Å². The largest absolute Gasteiger partial charge is 0.494 e. The lowest BCUT2D eigenvalue weighted by molar-refractivity contribution is -0.115. The lowest BCUT2D eigenvalue weighted by Gasteiger charge is -2.10. The molecule has 5 nitrogen and oxygen atoms in total. The highest BCUT2D eigenvalue weighted by Crippen LogP contribution is 2.36. The molecule has 1 aliphatic heterocycles. The number of methoxy groups -OCH3 is 1. The summed E-state index contributed by atoms with van der Waals surface area (Å²) in [6.45, 7) is 4.63. The van der Waals surface area contributed by atoms with Crippen LogP contribution in [0.4, 0.5) is 5.69 Å². The lowest BCUT2D eigenvalue weighted by Crippen LogP contribution is -2.19. The second-order valence-electron chi connectivity index (χ2n) is 8.50. The Morgan fingerprint density at radius 1 is 1.08 bits per heavy atom. The van der Waals surface area contributed by atoms with E-state index in [1.165, 1.54) is 11.8 Å². The molecule has 1 N–H and O–H groups in total. The third-order valence-electron chi connectivity index (χ3n) is 6.11. The van der Waals surface area contributed by atoms with E-state index in [9.17, 15) is 4.79 Å². The van der Waals surface area contributed by atoms with Crippen LogP contribution in [0.1, 0.15) is 22.4 Å². The number of benzene rings is 3. The lowest BCUT2D eigenvalue weighted by atomic mass is 10.1. The number of nitrogens with one attached hydrogen (secondary N) is 1. The molecule has 0 aliphatic carbocycles. The second kappa shape index (κ2) is 10.1. The SMILES string of the molecule is COc1ccc(C)cc1N=C1NC(=O)/C(=C/c2c(C)n(Cc3ccc(Cl)cc3Cl)c3ccccc23)S1. The number of ether oxygens (including phenoxy) is 1. The molecular weight excluding hydrogens is 513 g/mol. The third kappa shape index (κ3) is 4.76. The molecule has 4 aromatic rings. The van der Waals surface area contributed by atoms with E-state index in [1.807, 2.05) is 55.5 Å². The molecule has 0 atom stereocenters. The van der Waals surface area contributed by atoms with E-state index in [-0.39, 0.29) is 5.91 Å². The number of hydrogen-bond acceptors (Lipinski definition) is 4. The number of aromatic nitrogens is 1. The molecule has 0 spiro atoms. The van der Waals surface area contributed by atoms with Crippen molar-refractivity contribution in [3.63, 3.8) is 0 Å². The van der Waals surface area contributed by atoms with Crippen molar-refractivity contribution in [1.29, 1.82) is 0 Å². The highest BCUT2D eigenvalue weighted by Gasteiger charge is 2.25. The summed E-state index contributed by atoms with van der Waals surface area (Å²) in [5.41, 5.74) is 5.79. The number of rotatable bonds is 5. The quantitative estimate of drug-likeness (QED) is 0.269. The van der Waals surface area contributed by atoms with Gasteiger partial charge in [0.2, 0.25) is 0 Å². The van der Waals surface area contributed by atoms with E-state index in [0.717, 1.165) is 33.3 Å². The molecule has 1 aliphatic rings. The predicted octanol–water partition coefficient (Wildman–Crippen LogP) is 7.51. The van der Waals surface area contributed by atoms with E-state index in [1.54, 1.807) is 13.2 Å². The van der Waals surface area contributed by atoms with Gasteiger partial charge in [-0.2, -0.15) is 0 Å². The van der Waals surface area contributed by atoms with Crippen molar-refractivity contribution >= 4 is 68.7 Å². The number of para-hydroxylation sites is 1. The summed E-state index contributed by atoms with van der Waals surface area (Å²) >= 11 is 13.9. The molecule has 5 rings (SSSR count). The standard InChI is InChI=1S/C28H23Cl2N3O2S/c1-16-8-11-25(35-3)23(12-16)31-28-32-27(34)26(36-28)14-21-17(2)33(24-7-5-4-6-20(21)24)15-18-9-10-19(29)13-22(18)30/h4-14H,15H2,1-3H3,(H,31,32,34)/b26-14-. The van der Waals surface area contributed by atoms with Crippen LogP contribution >= 0.6 is 35.0 Å². The average Bonchev–Trinajstić information content (AvgIpc) is 3.32.